The fourth-order valence-electron chi connectivity index (χ4n) is 3.47. The highest BCUT2D eigenvalue weighted by atomic mass is 16.2. The number of carbonyl (C=O) groups excluding carboxylic acids is 1. The number of aryl methyl sites for hydroxylation is 1. The Hall–Kier alpha value is -3.42. The summed E-state index contributed by atoms with van der Waals surface area (Å²) in [7, 11) is 0. The number of imidazole rings is 1. The Balaban J connectivity index is 1.33. The van der Waals surface area contributed by atoms with Crippen LogP contribution in [0.5, 0.6) is 0 Å². The smallest absolute Gasteiger partial charge is 0.319 e. The average molecular weight is 377 g/mol. The van der Waals surface area contributed by atoms with E-state index in [1.165, 1.54) is 0 Å². The van der Waals surface area contributed by atoms with E-state index < -0.39 is 0 Å². The van der Waals surface area contributed by atoms with E-state index in [9.17, 15) is 4.79 Å². The molecule has 0 saturated carbocycles. The molecule has 3 aromatic rings. The second-order valence-electron chi connectivity index (χ2n) is 6.84. The van der Waals surface area contributed by atoms with Crippen LogP contribution in [0.3, 0.4) is 0 Å². The highest BCUT2D eigenvalue weighted by Gasteiger charge is 2.22. The predicted molar refractivity (Wildman–Crippen MR) is 108 cm³/mol. The van der Waals surface area contributed by atoms with Crippen LogP contribution in [-0.2, 0) is 0 Å². The largest absolute Gasteiger partial charge is 0.353 e. The van der Waals surface area contributed by atoms with Crippen molar-refractivity contribution in [1.29, 1.82) is 0 Å². The van der Waals surface area contributed by atoms with Crippen LogP contribution in [-0.4, -0.2) is 44.7 Å². The van der Waals surface area contributed by atoms with E-state index in [1.54, 1.807) is 24.8 Å². The van der Waals surface area contributed by atoms with Crippen molar-refractivity contribution in [1.82, 2.24) is 24.8 Å². The maximum Gasteiger partial charge on any atom is 0.319 e. The van der Waals surface area contributed by atoms with Gasteiger partial charge in [-0.05, 0) is 44.0 Å². The molecule has 1 fully saturated rings. The molecule has 2 N–H and O–H groups in total. The lowest BCUT2D eigenvalue weighted by Crippen LogP contribution is -2.49. The SMILES string of the molecule is Cc1nccn1-c1ccc(NC(=O)N[C@H]2CCCN(c3cnccn3)C2)cc1. The first-order chi connectivity index (χ1) is 13.7. The summed E-state index contributed by atoms with van der Waals surface area (Å²) < 4.78 is 1.99. The summed E-state index contributed by atoms with van der Waals surface area (Å²) in [5, 5.41) is 5.97. The quantitative estimate of drug-likeness (QED) is 0.730. The number of carbonyl (C=O) groups is 1. The topological polar surface area (TPSA) is 88.0 Å². The molecule has 1 aromatic carbocycles. The average Bonchev–Trinajstić information content (AvgIpc) is 3.15. The second kappa shape index (κ2) is 8.08. The Morgan fingerprint density at radius 1 is 1.14 bits per heavy atom. The van der Waals surface area contributed by atoms with Gasteiger partial charge in [0.25, 0.3) is 0 Å². The molecule has 28 heavy (non-hydrogen) atoms. The van der Waals surface area contributed by atoms with Crippen LogP contribution in [0.25, 0.3) is 5.69 Å². The molecule has 1 saturated heterocycles. The highest BCUT2D eigenvalue weighted by molar-refractivity contribution is 5.89. The van der Waals surface area contributed by atoms with Gasteiger partial charge in [-0.25, -0.2) is 14.8 Å². The number of piperidine rings is 1. The van der Waals surface area contributed by atoms with Gasteiger partial charge >= 0.3 is 6.03 Å². The zero-order chi connectivity index (χ0) is 19.3. The molecule has 2 amide bonds. The Kier molecular flexibility index (Phi) is 5.18. The molecule has 3 heterocycles. The minimum Gasteiger partial charge on any atom is -0.353 e. The van der Waals surface area contributed by atoms with Gasteiger partial charge in [-0.3, -0.25) is 4.98 Å². The predicted octanol–water partition coefficient (Wildman–Crippen LogP) is 2.76. The van der Waals surface area contributed by atoms with Gasteiger partial charge in [0.15, 0.2) is 0 Å². The fourth-order valence-corrected chi connectivity index (χ4v) is 3.47. The molecule has 0 radical (unpaired) electrons. The van der Waals surface area contributed by atoms with Crippen LogP contribution in [0.2, 0.25) is 0 Å². The van der Waals surface area contributed by atoms with Gasteiger partial charge in [0, 0.05) is 55.3 Å². The standard InChI is InChI=1S/C20H23N7O/c1-15-22-10-12-27(15)18-6-4-16(5-7-18)24-20(28)25-17-3-2-11-26(14-17)19-13-21-8-9-23-19/h4-10,12-13,17H,2-3,11,14H2,1H3,(H2,24,25,28)/t17-/m0/s1. The molecule has 0 unspecified atom stereocenters. The Morgan fingerprint density at radius 3 is 2.71 bits per heavy atom. The number of amides is 2. The molecule has 144 valence electrons. The van der Waals surface area contributed by atoms with Crippen LogP contribution in [0.15, 0.2) is 55.2 Å². The molecule has 4 rings (SSSR count). The number of anilines is 2. The third-order valence-corrected chi connectivity index (χ3v) is 4.86. The summed E-state index contributed by atoms with van der Waals surface area (Å²) in [6.45, 7) is 3.60. The minimum absolute atomic E-state index is 0.0728. The normalized spacial score (nSPS) is 16.6. The molecule has 1 atom stereocenters. The summed E-state index contributed by atoms with van der Waals surface area (Å²) >= 11 is 0. The van der Waals surface area contributed by atoms with Crippen molar-refractivity contribution in [3.05, 3.63) is 61.1 Å². The number of urea groups is 1. The molecule has 0 aliphatic carbocycles. The lowest BCUT2D eigenvalue weighted by atomic mass is 10.1. The summed E-state index contributed by atoms with van der Waals surface area (Å²) in [5.74, 6) is 1.77. The van der Waals surface area contributed by atoms with Crippen LogP contribution < -0.4 is 15.5 Å². The number of nitrogens with one attached hydrogen (secondary N) is 2. The third kappa shape index (κ3) is 4.11. The molecule has 8 heteroatoms. The van der Waals surface area contributed by atoms with Crippen LogP contribution in [0, 0.1) is 6.92 Å². The Labute approximate surface area is 163 Å². The van der Waals surface area contributed by atoms with Crippen LogP contribution in [0.1, 0.15) is 18.7 Å². The monoisotopic (exact) mass is 377 g/mol. The van der Waals surface area contributed by atoms with Crippen molar-refractivity contribution in [3.63, 3.8) is 0 Å². The van der Waals surface area contributed by atoms with E-state index in [4.69, 9.17) is 0 Å². The summed E-state index contributed by atoms with van der Waals surface area (Å²) in [6.07, 6.45) is 10.7. The highest BCUT2D eigenvalue weighted by Crippen LogP contribution is 2.17. The molecule has 0 bridgehead atoms. The van der Waals surface area contributed by atoms with Gasteiger partial charge in [0.2, 0.25) is 0 Å². The third-order valence-electron chi connectivity index (χ3n) is 4.86. The maximum absolute atomic E-state index is 12.4. The molecular formula is C20H23N7O. The maximum atomic E-state index is 12.4. The first-order valence-corrected chi connectivity index (χ1v) is 9.38. The van der Waals surface area contributed by atoms with E-state index >= 15 is 0 Å². The van der Waals surface area contributed by atoms with Crippen molar-refractivity contribution < 1.29 is 4.79 Å². The van der Waals surface area contributed by atoms with Crippen molar-refractivity contribution in [2.24, 2.45) is 0 Å². The second-order valence-corrected chi connectivity index (χ2v) is 6.84. The fraction of sp³-hybridized carbons (Fsp3) is 0.300. The van der Waals surface area contributed by atoms with Crippen molar-refractivity contribution >= 4 is 17.5 Å². The van der Waals surface area contributed by atoms with Gasteiger partial charge in [0.1, 0.15) is 11.6 Å². The van der Waals surface area contributed by atoms with Crippen LogP contribution >= 0.6 is 0 Å². The van der Waals surface area contributed by atoms with E-state index in [0.29, 0.717) is 0 Å². The summed E-state index contributed by atoms with van der Waals surface area (Å²) in [5.41, 5.74) is 1.76. The minimum atomic E-state index is -0.197. The first-order valence-electron chi connectivity index (χ1n) is 9.38. The van der Waals surface area contributed by atoms with E-state index in [0.717, 1.165) is 48.9 Å². The lowest BCUT2D eigenvalue weighted by molar-refractivity contribution is 0.246. The Bertz CT molecular complexity index is 923. The van der Waals surface area contributed by atoms with Crippen LogP contribution in [0.4, 0.5) is 16.3 Å². The number of rotatable bonds is 4. The zero-order valence-electron chi connectivity index (χ0n) is 15.7. The molecule has 1 aliphatic heterocycles. The van der Waals surface area contributed by atoms with Gasteiger partial charge in [-0.15, -0.1) is 0 Å². The zero-order valence-corrected chi connectivity index (χ0v) is 15.7. The molecule has 0 spiro atoms. The molecule has 2 aromatic heterocycles. The van der Waals surface area contributed by atoms with E-state index in [2.05, 4.69) is 30.5 Å². The number of hydrogen-bond donors (Lipinski definition) is 2. The lowest BCUT2D eigenvalue weighted by Gasteiger charge is -2.33. The van der Waals surface area contributed by atoms with Gasteiger partial charge < -0.3 is 20.1 Å². The van der Waals surface area contributed by atoms with Gasteiger partial charge in [-0.2, -0.15) is 0 Å². The number of aromatic nitrogens is 4. The molecular weight excluding hydrogens is 354 g/mol. The van der Waals surface area contributed by atoms with Crippen molar-refractivity contribution in [3.8, 4) is 5.69 Å². The number of hydrogen-bond acceptors (Lipinski definition) is 5. The van der Waals surface area contributed by atoms with E-state index in [1.807, 2.05) is 42.0 Å². The first kappa shape index (κ1) is 18.0. The molecule has 1 aliphatic rings. The van der Waals surface area contributed by atoms with E-state index in [-0.39, 0.29) is 12.1 Å². The number of nitrogens with zero attached hydrogens (tertiary/aromatic N) is 5. The van der Waals surface area contributed by atoms with Crippen molar-refractivity contribution in [2.45, 2.75) is 25.8 Å². The van der Waals surface area contributed by atoms with Gasteiger partial charge in [0.05, 0.1) is 6.20 Å². The number of benzene rings is 1. The van der Waals surface area contributed by atoms with Crippen molar-refractivity contribution in [2.75, 3.05) is 23.3 Å². The summed E-state index contributed by atoms with van der Waals surface area (Å²) in [6, 6.07) is 7.57. The molecule has 8 nitrogen and oxygen atoms in total. The summed E-state index contributed by atoms with van der Waals surface area (Å²) in [4.78, 5) is 27.3. The van der Waals surface area contributed by atoms with Gasteiger partial charge in [-0.1, -0.05) is 0 Å². The Morgan fingerprint density at radius 2 is 2.00 bits per heavy atom.